The van der Waals surface area contributed by atoms with Crippen molar-refractivity contribution in [3.05, 3.63) is 17.2 Å². The number of ether oxygens (including phenoxy) is 1. The van der Waals surface area contributed by atoms with Crippen molar-refractivity contribution in [3.63, 3.8) is 0 Å². The number of nitriles is 1. The highest BCUT2D eigenvalue weighted by Gasteiger charge is 2.17. The van der Waals surface area contributed by atoms with Crippen molar-refractivity contribution < 1.29 is 14.3 Å². The fourth-order valence-corrected chi connectivity index (χ4v) is 2.20. The number of nitrogen functional groups attached to an aromatic ring is 1. The molecule has 0 atom stereocenters. The number of nitrogens with one attached hydrogen (secondary N) is 1. The Morgan fingerprint density at radius 3 is 2.91 bits per heavy atom. The topological polar surface area (TPSA) is 118 Å². The predicted molar refractivity (Wildman–Crippen MR) is 81.9 cm³/mol. The van der Waals surface area contributed by atoms with E-state index in [0.717, 1.165) is 11.8 Å². The minimum Gasteiger partial charge on any atom is -0.462 e. The van der Waals surface area contributed by atoms with Crippen molar-refractivity contribution in [1.29, 1.82) is 5.26 Å². The molecule has 8 heteroatoms. The van der Waals surface area contributed by atoms with Crippen LogP contribution >= 0.6 is 11.8 Å². The summed E-state index contributed by atoms with van der Waals surface area (Å²) in [6.45, 7) is 1.97. The van der Waals surface area contributed by atoms with E-state index >= 15 is 0 Å². The molecule has 0 aliphatic carbocycles. The molecule has 1 aromatic rings. The number of pyridine rings is 1. The Morgan fingerprint density at radius 2 is 2.32 bits per heavy atom. The van der Waals surface area contributed by atoms with Gasteiger partial charge in [0.15, 0.2) is 0 Å². The number of aromatic nitrogens is 1. The van der Waals surface area contributed by atoms with Crippen LogP contribution in [0.1, 0.15) is 22.8 Å². The molecule has 114 valence electrons. The molecule has 1 rings (SSSR count). The molecule has 0 saturated heterocycles. The molecule has 0 spiro atoms. The molecule has 7 nitrogen and oxygen atoms in total. The monoisotopic (exact) mass is 318 g/mol. The van der Waals surface area contributed by atoms with Gasteiger partial charge < -0.3 is 15.8 Å². The van der Waals surface area contributed by atoms with Crippen molar-refractivity contribution >= 4 is 29.5 Å². The van der Waals surface area contributed by atoms with E-state index in [9.17, 15) is 9.59 Å². The number of hydrogen-bond acceptors (Lipinski definition) is 7. The number of anilines is 1. The normalized spacial score (nSPS) is 9.41. The Hall–Kier alpha value is -2.71. The summed E-state index contributed by atoms with van der Waals surface area (Å²) in [6.07, 6.45) is 5.03. The maximum atomic E-state index is 11.7. The molecule has 22 heavy (non-hydrogen) atoms. The van der Waals surface area contributed by atoms with E-state index < -0.39 is 5.97 Å². The predicted octanol–water partition coefficient (Wildman–Crippen LogP) is 0.554. The van der Waals surface area contributed by atoms with E-state index in [2.05, 4.69) is 16.2 Å². The fraction of sp³-hybridized carbons (Fsp3) is 0.286. The lowest BCUT2D eigenvalue weighted by Gasteiger charge is -2.08. The second kappa shape index (κ2) is 8.55. The van der Waals surface area contributed by atoms with Gasteiger partial charge in [-0.05, 0) is 13.0 Å². The first-order chi connectivity index (χ1) is 10.5. The van der Waals surface area contributed by atoms with Gasteiger partial charge >= 0.3 is 5.97 Å². The lowest BCUT2D eigenvalue weighted by Crippen LogP contribution is -2.25. The second-order valence-corrected chi connectivity index (χ2v) is 4.84. The van der Waals surface area contributed by atoms with E-state index in [4.69, 9.17) is 22.2 Å². The molecule has 0 radical (unpaired) electrons. The molecule has 0 bridgehead atoms. The van der Waals surface area contributed by atoms with Crippen molar-refractivity contribution in [1.82, 2.24) is 10.3 Å². The van der Waals surface area contributed by atoms with Crippen LogP contribution in [0.2, 0.25) is 0 Å². The summed E-state index contributed by atoms with van der Waals surface area (Å²) >= 11 is 1.03. The van der Waals surface area contributed by atoms with E-state index in [-0.39, 0.29) is 46.8 Å². The summed E-state index contributed by atoms with van der Waals surface area (Å²) < 4.78 is 4.83. The highest BCUT2D eigenvalue weighted by atomic mass is 32.2. The number of thioether (sulfide) groups is 1. The van der Waals surface area contributed by atoms with Crippen molar-refractivity contribution in [3.8, 4) is 18.4 Å². The quantitative estimate of drug-likeness (QED) is 0.447. The Kier molecular flexibility index (Phi) is 6.74. The molecular formula is C14H14N4O3S. The van der Waals surface area contributed by atoms with E-state index in [1.54, 1.807) is 6.92 Å². The minimum atomic E-state index is -0.646. The largest absolute Gasteiger partial charge is 0.462 e. The van der Waals surface area contributed by atoms with Gasteiger partial charge in [-0.1, -0.05) is 17.7 Å². The van der Waals surface area contributed by atoms with Crippen LogP contribution in [0.4, 0.5) is 5.82 Å². The minimum absolute atomic E-state index is 0.0273. The maximum absolute atomic E-state index is 11.7. The third-order valence-electron chi connectivity index (χ3n) is 2.36. The molecule has 0 unspecified atom stereocenters. The van der Waals surface area contributed by atoms with Crippen LogP contribution in [0.5, 0.6) is 0 Å². The lowest BCUT2D eigenvalue weighted by molar-refractivity contribution is -0.118. The Morgan fingerprint density at radius 1 is 1.59 bits per heavy atom. The number of terminal acetylenes is 1. The standard InChI is InChI=1S/C14H14N4O3S/c1-3-5-17-11(19)8-22-13-9(7-15)6-10(12(16)18-13)14(20)21-4-2/h1,6H,4-5,8H2,2H3,(H2,16,18)(H,17,19). The van der Waals surface area contributed by atoms with Crippen molar-refractivity contribution in [2.24, 2.45) is 0 Å². The third-order valence-corrected chi connectivity index (χ3v) is 3.35. The molecular weight excluding hydrogens is 304 g/mol. The van der Waals surface area contributed by atoms with Crippen molar-refractivity contribution in [2.75, 3.05) is 24.6 Å². The third kappa shape index (κ3) is 4.69. The summed E-state index contributed by atoms with van der Waals surface area (Å²) in [5.74, 6) is 1.32. The lowest BCUT2D eigenvalue weighted by atomic mass is 10.2. The Balaban J connectivity index is 2.91. The number of rotatable bonds is 6. The molecule has 0 fully saturated rings. The summed E-state index contributed by atoms with van der Waals surface area (Å²) in [5, 5.41) is 11.9. The molecule has 0 aromatic carbocycles. The van der Waals surface area contributed by atoms with Crippen molar-refractivity contribution in [2.45, 2.75) is 11.9 Å². The molecule has 0 aliphatic heterocycles. The van der Waals surface area contributed by atoms with Gasteiger partial charge in [0.05, 0.1) is 24.5 Å². The maximum Gasteiger partial charge on any atom is 0.341 e. The average Bonchev–Trinajstić information content (AvgIpc) is 2.51. The van der Waals surface area contributed by atoms with Gasteiger partial charge in [0.2, 0.25) is 5.91 Å². The molecule has 3 N–H and O–H groups in total. The zero-order valence-electron chi connectivity index (χ0n) is 11.9. The second-order valence-electron chi connectivity index (χ2n) is 3.88. The number of nitrogens with two attached hydrogens (primary N) is 1. The number of nitrogens with zero attached hydrogens (tertiary/aromatic N) is 2. The number of esters is 1. The van der Waals surface area contributed by atoms with E-state index in [1.807, 2.05) is 6.07 Å². The average molecular weight is 318 g/mol. The van der Waals surface area contributed by atoms with Gasteiger partial charge in [0.25, 0.3) is 0 Å². The Bertz CT molecular complexity index is 661. The number of amides is 1. The highest BCUT2D eigenvalue weighted by Crippen LogP contribution is 2.24. The zero-order chi connectivity index (χ0) is 16.5. The summed E-state index contributed by atoms with van der Waals surface area (Å²) in [5.41, 5.74) is 5.87. The van der Waals surface area contributed by atoms with Crippen LogP contribution < -0.4 is 11.1 Å². The number of carbonyl (C=O) groups is 2. The van der Waals surface area contributed by atoms with Crippen LogP contribution in [0.25, 0.3) is 0 Å². The van der Waals surface area contributed by atoms with Crippen LogP contribution in [-0.4, -0.2) is 35.8 Å². The first-order valence-electron chi connectivity index (χ1n) is 6.24. The molecule has 1 aromatic heterocycles. The molecule has 1 heterocycles. The molecule has 1 amide bonds. The van der Waals surface area contributed by atoms with E-state index in [1.165, 1.54) is 6.07 Å². The summed E-state index contributed by atoms with van der Waals surface area (Å²) in [6, 6.07) is 3.22. The Labute approximate surface area is 132 Å². The van der Waals surface area contributed by atoms with Crippen LogP contribution in [-0.2, 0) is 9.53 Å². The van der Waals surface area contributed by atoms with Gasteiger partial charge in [-0.15, -0.1) is 6.42 Å². The summed E-state index contributed by atoms with van der Waals surface area (Å²) in [7, 11) is 0. The molecule has 0 saturated carbocycles. The SMILES string of the molecule is C#CCNC(=O)CSc1nc(N)c(C(=O)OCC)cc1C#N. The van der Waals surface area contributed by atoms with Gasteiger partial charge in [-0.25, -0.2) is 9.78 Å². The van der Waals surface area contributed by atoms with Gasteiger partial charge in [0, 0.05) is 0 Å². The molecule has 0 aliphatic rings. The zero-order valence-corrected chi connectivity index (χ0v) is 12.7. The smallest absolute Gasteiger partial charge is 0.341 e. The fourth-order valence-electron chi connectivity index (χ4n) is 1.41. The van der Waals surface area contributed by atoms with Crippen LogP contribution in [0.3, 0.4) is 0 Å². The van der Waals surface area contributed by atoms with Gasteiger partial charge in [0.1, 0.15) is 22.5 Å². The highest BCUT2D eigenvalue weighted by molar-refractivity contribution is 8.00. The first kappa shape index (κ1) is 17.3. The van der Waals surface area contributed by atoms with Crippen LogP contribution in [0, 0.1) is 23.7 Å². The summed E-state index contributed by atoms with van der Waals surface area (Å²) in [4.78, 5) is 27.2. The van der Waals surface area contributed by atoms with Gasteiger partial charge in [-0.2, -0.15) is 5.26 Å². The van der Waals surface area contributed by atoms with E-state index in [0.29, 0.717) is 0 Å². The first-order valence-corrected chi connectivity index (χ1v) is 7.22. The number of carbonyl (C=O) groups excluding carboxylic acids is 2. The van der Waals surface area contributed by atoms with Gasteiger partial charge in [-0.3, -0.25) is 4.79 Å². The van der Waals surface area contributed by atoms with Crippen LogP contribution in [0.15, 0.2) is 11.1 Å². The number of hydrogen-bond donors (Lipinski definition) is 2.